The number of aliphatic hydroxyl groups is 1. The van der Waals surface area contributed by atoms with Crippen LogP contribution < -0.4 is 5.56 Å². The number of H-pyrrole nitrogens is 1. The number of β-amino-alcohol motifs (C(OH)–C–C–N with tert-alkyl or cyclic N) is 1. The van der Waals surface area contributed by atoms with Crippen LogP contribution in [0.5, 0.6) is 0 Å². The molecule has 2 atom stereocenters. The first-order valence-electron chi connectivity index (χ1n) is 8.43. The number of nitrogens with zero attached hydrogens (tertiary/aromatic N) is 4. The molecule has 2 N–H and O–H groups in total. The van der Waals surface area contributed by atoms with Crippen molar-refractivity contribution < 1.29 is 9.90 Å². The van der Waals surface area contributed by atoms with Crippen molar-refractivity contribution in [2.45, 2.75) is 31.3 Å². The Morgan fingerprint density at radius 3 is 2.76 bits per heavy atom. The molecule has 3 heterocycles. The summed E-state index contributed by atoms with van der Waals surface area (Å²) in [5.74, 6) is 0.459. The number of aromatic amines is 1. The maximum absolute atomic E-state index is 12.6. The zero-order valence-corrected chi connectivity index (χ0v) is 13.6. The van der Waals surface area contributed by atoms with Gasteiger partial charge in [0.1, 0.15) is 11.4 Å². The van der Waals surface area contributed by atoms with E-state index in [0.717, 1.165) is 18.5 Å². The van der Waals surface area contributed by atoms with Gasteiger partial charge in [0.25, 0.3) is 11.5 Å². The van der Waals surface area contributed by atoms with Gasteiger partial charge in [-0.25, -0.2) is 4.98 Å². The van der Waals surface area contributed by atoms with Gasteiger partial charge in [-0.2, -0.15) is 0 Å². The molecule has 0 radical (unpaired) electrons. The summed E-state index contributed by atoms with van der Waals surface area (Å²) in [7, 11) is 0. The topological polar surface area (TPSA) is 112 Å². The van der Waals surface area contributed by atoms with E-state index in [0.29, 0.717) is 24.7 Å². The van der Waals surface area contributed by atoms with Gasteiger partial charge < -0.3 is 15.0 Å². The molecule has 0 bridgehead atoms. The molecule has 0 aromatic carbocycles. The summed E-state index contributed by atoms with van der Waals surface area (Å²) in [6.07, 6.45) is 8.15. The number of hydrogen-bond acceptors (Lipinski definition) is 6. The average molecular weight is 341 g/mol. The predicted octanol–water partition coefficient (Wildman–Crippen LogP) is 0.113. The van der Waals surface area contributed by atoms with Gasteiger partial charge >= 0.3 is 0 Å². The van der Waals surface area contributed by atoms with E-state index in [9.17, 15) is 14.7 Å². The van der Waals surface area contributed by atoms with Crippen LogP contribution in [0.2, 0.25) is 0 Å². The standard InChI is InChI=1S/C17H19N5O3/c23-14-9-22(8-11(14)5-12-6-18-3-4-19-12)17(25)13-7-20-15(10-1-2-10)21-16(13)24/h3-4,6-7,10-11,14,23H,1-2,5,8-9H2,(H,20,21,24)/t11-,14-/m1/s1. The Bertz CT molecular complexity index is 834. The highest BCUT2D eigenvalue weighted by atomic mass is 16.3. The lowest BCUT2D eigenvalue weighted by Gasteiger charge is -2.15. The lowest BCUT2D eigenvalue weighted by atomic mass is 10.0. The molecule has 2 aromatic rings. The Kier molecular flexibility index (Phi) is 4.04. The van der Waals surface area contributed by atoms with Crippen LogP contribution in [0.25, 0.3) is 0 Å². The molecule has 0 unspecified atom stereocenters. The molecule has 1 saturated carbocycles. The number of aliphatic hydroxyl groups excluding tert-OH is 1. The number of carbonyl (C=O) groups is 1. The largest absolute Gasteiger partial charge is 0.391 e. The van der Waals surface area contributed by atoms with Crippen molar-refractivity contribution >= 4 is 5.91 Å². The lowest BCUT2D eigenvalue weighted by molar-refractivity contribution is 0.0762. The smallest absolute Gasteiger partial charge is 0.263 e. The zero-order chi connectivity index (χ0) is 17.4. The Morgan fingerprint density at radius 2 is 2.08 bits per heavy atom. The minimum Gasteiger partial charge on any atom is -0.391 e. The fraction of sp³-hybridized carbons (Fsp3) is 0.471. The Hall–Kier alpha value is -2.61. The second-order valence-corrected chi connectivity index (χ2v) is 6.72. The highest BCUT2D eigenvalue weighted by Gasteiger charge is 2.36. The third kappa shape index (κ3) is 3.30. The molecule has 130 valence electrons. The molecule has 4 rings (SSSR count). The third-order valence-corrected chi connectivity index (χ3v) is 4.80. The summed E-state index contributed by atoms with van der Waals surface area (Å²) < 4.78 is 0. The number of amides is 1. The van der Waals surface area contributed by atoms with E-state index in [4.69, 9.17) is 0 Å². The van der Waals surface area contributed by atoms with Crippen molar-refractivity contribution in [1.29, 1.82) is 0 Å². The summed E-state index contributed by atoms with van der Waals surface area (Å²) in [5.41, 5.74) is 0.389. The van der Waals surface area contributed by atoms with E-state index >= 15 is 0 Å². The van der Waals surface area contributed by atoms with Gasteiger partial charge in [-0.3, -0.25) is 19.6 Å². The number of likely N-dealkylation sites (tertiary alicyclic amines) is 1. The van der Waals surface area contributed by atoms with E-state index in [2.05, 4.69) is 19.9 Å². The van der Waals surface area contributed by atoms with E-state index < -0.39 is 17.6 Å². The highest BCUT2D eigenvalue weighted by molar-refractivity contribution is 5.93. The minimum absolute atomic E-state index is 0.0248. The quantitative estimate of drug-likeness (QED) is 0.816. The van der Waals surface area contributed by atoms with Gasteiger partial charge in [0.2, 0.25) is 0 Å². The van der Waals surface area contributed by atoms with E-state index in [1.54, 1.807) is 18.6 Å². The molecule has 25 heavy (non-hydrogen) atoms. The molecule has 2 aliphatic rings. The molecule has 2 aromatic heterocycles. The van der Waals surface area contributed by atoms with Crippen LogP contribution in [0, 0.1) is 5.92 Å². The molecule has 1 saturated heterocycles. The van der Waals surface area contributed by atoms with Crippen LogP contribution in [-0.4, -0.2) is 55.0 Å². The van der Waals surface area contributed by atoms with Crippen molar-refractivity contribution in [3.05, 3.63) is 52.2 Å². The van der Waals surface area contributed by atoms with Crippen LogP contribution in [0.3, 0.4) is 0 Å². The molecule has 8 nitrogen and oxygen atoms in total. The molecular weight excluding hydrogens is 322 g/mol. The summed E-state index contributed by atoms with van der Waals surface area (Å²) in [5, 5.41) is 10.3. The number of rotatable bonds is 4. The van der Waals surface area contributed by atoms with Crippen LogP contribution in [0.4, 0.5) is 0 Å². The molecule has 1 aliphatic heterocycles. The molecule has 8 heteroatoms. The van der Waals surface area contributed by atoms with Gasteiger partial charge in [0.15, 0.2) is 0 Å². The molecule has 1 amide bonds. The normalized spacial score (nSPS) is 23.0. The van der Waals surface area contributed by atoms with Crippen molar-refractivity contribution in [3.8, 4) is 0 Å². The van der Waals surface area contributed by atoms with Gasteiger partial charge in [-0.15, -0.1) is 0 Å². The van der Waals surface area contributed by atoms with Crippen molar-refractivity contribution in [2.75, 3.05) is 13.1 Å². The fourth-order valence-corrected chi connectivity index (χ4v) is 3.22. The number of carbonyl (C=O) groups excluding carboxylic acids is 1. The minimum atomic E-state index is -0.649. The van der Waals surface area contributed by atoms with Crippen LogP contribution in [-0.2, 0) is 6.42 Å². The first-order chi connectivity index (χ1) is 12.1. The van der Waals surface area contributed by atoms with Crippen LogP contribution in [0.15, 0.2) is 29.6 Å². The fourth-order valence-electron chi connectivity index (χ4n) is 3.22. The van der Waals surface area contributed by atoms with E-state index in [1.807, 2.05) is 0 Å². The monoisotopic (exact) mass is 341 g/mol. The second kappa shape index (κ2) is 6.36. The second-order valence-electron chi connectivity index (χ2n) is 6.72. The predicted molar refractivity (Wildman–Crippen MR) is 88.0 cm³/mol. The third-order valence-electron chi connectivity index (χ3n) is 4.80. The van der Waals surface area contributed by atoms with Crippen molar-refractivity contribution in [2.24, 2.45) is 5.92 Å². The first-order valence-corrected chi connectivity index (χ1v) is 8.43. The summed E-state index contributed by atoms with van der Waals surface area (Å²) in [6, 6.07) is 0. The Balaban J connectivity index is 1.47. The van der Waals surface area contributed by atoms with E-state index in [-0.39, 0.29) is 18.0 Å². The summed E-state index contributed by atoms with van der Waals surface area (Å²) in [4.78, 5) is 41.5. The van der Waals surface area contributed by atoms with E-state index in [1.165, 1.54) is 11.1 Å². The summed E-state index contributed by atoms with van der Waals surface area (Å²) >= 11 is 0. The number of nitrogens with one attached hydrogen (secondary N) is 1. The average Bonchev–Trinajstić information content (AvgIpc) is 3.40. The molecular formula is C17H19N5O3. The molecule has 1 aliphatic carbocycles. The SMILES string of the molecule is O=C(c1cnc(C2CC2)[nH]c1=O)N1C[C@@H](Cc2cnccn2)[C@H](O)C1. The maximum Gasteiger partial charge on any atom is 0.263 e. The summed E-state index contributed by atoms with van der Waals surface area (Å²) in [6.45, 7) is 0.577. The molecule has 0 spiro atoms. The lowest BCUT2D eigenvalue weighted by Crippen LogP contribution is -2.34. The Labute approximate surface area is 144 Å². The van der Waals surface area contributed by atoms with Gasteiger partial charge in [-0.05, 0) is 19.3 Å². The van der Waals surface area contributed by atoms with Crippen LogP contribution >= 0.6 is 0 Å². The van der Waals surface area contributed by atoms with Gasteiger partial charge in [-0.1, -0.05) is 0 Å². The van der Waals surface area contributed by atoms with Gasteiger partial charge in [0.05, 0.1) is 11.8 Å². The zero-order valence-electron chi connectivity index (χ0n) is 13.6. The Morgan fingerprint density at radius 1 is 1.24 bits per heavy atom. The van der Waals surface area contributed by atoms with Crippen molar-refractivity contribution in [3.63, 3.8) is 0 Å². The van der Waals surface area contributed by atoms with Crippen molar-refractivity contribution in [1.82, 2.24) is 24.8 Å². The highest BCUT2D eigenvalue weighted by Crippen LogP contribution is 2.37. The first kappa shape index (κ1) is 15.9. The van der Waals surface area contributed by atoms with Gasteiger partial charge in [0, 0.05) is 49.7 Å². The number of hydrogen-bond donors (Lipinski definition) is 2. The van der Waals surface area contributed by atoms with Crippen LogP contribution in [0.1, 0.15) is 40.6 Å². The maximum atomic E-state index is 12.6. The molecule has 2 fully saturated rings. The number of aromatic nitrogens is 4.